The third-order valence-corrected chi connectivity index (χ3v) is 9.37. The Morgan fingerprint density at radius 2 is 1.69 bits per heavy atom. The number of carbonyl (C=O) groups excluding carboxylic acids is 1. The third kappa shape index (κ3) is 4.65. The summed E-state index contributed by atoms with van der Waals surface area (Å²) in [6, 6.07) is 16.5. The highest BCUT2D eigenvalue weighted by atomic mass is 79.9. The van der Waals surface area contributed by atoms with Gasteiger partial charge in [0.2, 0.25) is 5.88 Å². The predicted molar refractivity (Wildman–Crippen MR) is 142 cm³/mol. The van der Waals surface area contributed by atoms with Crippen molar-refractivity contribution >= 4 is 33.6 Å². The lowest BCUT2D eigenvalue weighted by Gasteiger charge is -2.54. The van der Waals surface area contributed by atoms with Crippen LogP contribution in [0.4, 0.5) is 0 Å². The van der Waals surface area contributed by atoms with Gasteiger partial charge in [-0.2, -0.15) is 5.10 Å². The number of aromatic nitrogens is 2. The van der Waals surface area contributed by atoms with Gasteiger partial charge in [0, 0.05) is 15.4 Å². The summed E-state index contributed by atoms with van der Waals surface area (Å²) in [5.41, 5.74) is 2.41. The topological polar surface area (TPSA) is 56.1 Å². The van der Waals surface area contributed by atoms with Gasteiger partial charge in [0.05, 0.1) is 11.9 Å². The average Bonchev–Trinajstić information content (AvgIpc) is 3.29. The van der Waals surface area contributed by atoms with Crippen molar-refractivity contribution in [1.29, 1.82) is 0 Å². The van der Waals surface area contributed by atoms with Gasteiger partial charge in [0.1, 0.15) is 12.2 Å². The van der Waals surface area contributed by atoms with E-state index in [1.54, 1.807) is 22.6 Å². The highest BCUT2D eigenvalue weighted by molar-refractivity contribution is 9.10. The Morgan fingerprint density at radius 3 is 2.31 bits per heavy atom. The van der Waals surface area contributed by atoms with Crippen LogP contribution in [0.1, 0.15) is 48.0 Å². The Hall–Kier alpha value is -2.25. The molecule has 4 aliphatic carbocycles. The number of halogens is 1. The summed E-state index contributed by atoms with van der Waals surface area (Å²) >= 11 is 5.21. The average molecular weight is 553 g/mol. The second-order valence-electron chi connectivity index (χ2n) is 10.3. The molecule has 0 spiro atoms. The molecule has 1 N–H and O–H groups in total. The van der Waals surface area contributed by atoms with Crippen LogP contribution < -0.4 is 10.1 Å². The van der Waals surface area contributed by atoms with Crippen LogP contribution in [0.5, 0.6) is 5.88 Å². The molecule has 182 valence electrons. The SMILES string of the molecule is CSc1ccc(COc2c(C(=O)NC3C4CC5CC(C4)CC3C5)cnn2-c2ccc(Br)cc2)cc1. The number of hydrogen-bond acceptors (Lipinski definition) is 4. The lowest BCUT2D eigenvalue weighted by molar-refractivity contribution is -0.0120. The molecule has 0 unspecified atom stereocenters. The molecule has 2 aromatic carbocycles. The summed E-state index contributed by atoms with van der Waals surface area (Å²) in [6.45, 7) is 0.370. The standard InChI is InChI=1S/C28H30BrN3O2S/c1-35-24-8-2-17(3-9-24)16-34-28-25(15-30-32(28)23-6-4-22(29)5-7-23)27(33)31-26-20-11-18-10-19(13-20)14-21(26)12-18/h2-9,15,18-21,26H,10-14,16H2,1H3,(H,31,33). The minimum Gasteiger partial charge on any atom is -0.472 e. The molecule has 4 saturated carbocycles. The van der Waals surface area contributed by atoms with Crippen molar-refractivity contribution in [3.63, 3.8) is 0 Å². The van der Waals surface area contributed by atoms with Crippen molar-refractivity contribution < 1.29 is 9.53 Å². The third-order valence-electron chi connectivity index (χ3n) is 8.10. The first kappa shape index (κ1) is 23.2. The maximum atomic E-state index is 13.6. The summed E-state index contributed by atoms with van der Waals surface area (Å²) in [5.74, 6) is 3.41. The van der Waals surface area contributed by atoms with Gasteiger partial charge in [-0.25, -0.2) is 4.68 Å². The Balaban J connectivity index is 1.26. The van der Waals surface area contributed by atoms with E-state index in [9.17, 15) is 4.79 Å². The molecule has 0 aliphatic heterocycles. The van der Waals surface area contributed by atoms with Gasteiger partial charge in [-0.05, 0) is 104 Å². The van der Waals surface area contributed by atoms with Gasteiger partial charge >= 0.3 is 0 Å². The molecule has 4 aliphatic rings. The van der Waals surface area contributed by atoms with E-state index in [0.717, 1.165) is 27.6 Å². The lowest BCUT2D eigenvalue weighted by atomic mass is 9.54. The Morgan fingerprint density at radius 1 is 1.03 bits per heavy atom. The first-order valence-corrected chi connectivity index (χ1v) is 14.5. The number of rotatable bonds is 7. The first-order chi connectivity index (χ1) is 17.1. The van der Waals surface area contributed by atoms with E-state index >= 15 is 0 Å². The highest BCUT2D eigenvalue weighted by Gasteiger charge is 2.48. The largest absolute Gasteiger partial charge is 0.472 e. The number of nitrogens with zero attached hydrogens (tertiary/aromatic N) is 2. The maximum Gasteiger partial charge on any atom is 0.258 e. The summed E-state index contributed by atoms with van der Waals surface area (Å²) in [4.78, 5) is 14.8. The van der Waals surface area contributed by atoms with E-state index < -0.39 is 0 Å². The van der Waals surface area contributed by atoms with Crippen molar-refractivity contribution in [2.45, 2.75) is 49.6 Å². The van der Waals surface area contributed by atoms with Gasteiger partial charge in [0.25, 0.3) is 5.91 Å². The second kappa shape index (κ2) is 9.66. The van der Waals surface area contributed by atoms with Crippen molar-refractivity contribution in [1.82, 2.24) is 15.1 Å². The normalized spacial score (nSPS) is 26.6. The van der Waals surface area contributed by atoms with E-state index in [1.807, 2.05) is 24.3 Å². The first-order valence-electron chi connectivity index (χ1n) is 12.5. The summed E-state index contributed by atoms with van der Waals surface area (Å²) in [5, 5.41) is 8.00. The molecule has 5 nitrogen and oxygen atoms in total. The molecule has 3 aromatic rings. The number of hydrogen-bond donors (Lipinski definition) is 1. The smallest absolute Gasteiger partial charge is 0.258 e. The Labute approximate surface area is 219 Å². The molecule has 1 heterocycles. The minimum atomic E-state index is -0.0708. The molecule has 4 bridgehead atoms. The van der Waals surface area contributed by atoms with Crippen LogP contribution in [0.15, 0.2) is 64.1 Å². The molecule has 0 radical (unpaired) electrons. The fourth-order valence-corrected chi connectivity index (χ4v) is 7.33. The molecule has 35 heavy (non-hydrogen) atoms. The van der Waals surface area contributed by atoms with Crippen LogP contribution in [0.3, 0.4) is 0 Å². The fourth-order valence-electron chi connectivity index (χ4n) is 6.66. The van der Waals surface area contributed by atoms with Crippen LogP contribution in [-0.4, -0.2) is 28.0 Å². The molecule has 7 heteroatoms. The summed E-state index contributed by atoms with van der Waals surface area (Å²) < 4.78 is 9.02. The zero-order valence-electron chi connectivity index (χ0n) is 19.8. The quantitative estimate of drug-likeness (QED) is 0.341. The fraction of sp³-hybridized carbons (Fsp3) is 0.429. The van der Waals surface area contributed by atoms with Crippen molar-refractivity contribution in [3.8, 4) is 11.6 Å². The highest BCUT2D eigenvalue weighted by Crippen LogP contribution is 2.53. The van der Waals surface area contributed by atoms with Gasteiger partial charge in [-0.15, -0.1) is 11.8 Å². The summed E-state index contributed by atoms with van der Waals surface area (Å²) in [7, 11) is 0. The van der Waals surface area contributed by atoms with Crippen LogP contribution in [0, 0.1) is 23.7 Å². The molecule has 1 aromatic heterocycles. The molecule has 7 rings (SSSR count). The summed E-state index contributed by atoms with van der Waals surface area (Å²) in [6.07, 6.45) is 10.2. The van der Waals surface area contributed by atoms with E-state index in [1.165, 1.54) is 37.0 Å². The zero-order chi connectivity index (χ0) is 23.9. The van der Waals surface area contributed by atoms with Crippen molar-refractivity contribution in [2.75, 3.05) is 6.26 Å². The molecular formula is C28H30BrN3O2S. The van der Waals surface area contributed by atoms with E-state index in [0.29, 0.717) is 29.9 Å². The molecule has 0 atom stereocenters. The lowest BCUT2D eigenvalue weighted by Crippen LogP contribution is -2.55. The van der Waals surface area contributed by atoms with Gasteiger partial charge in [-0.3, -0.25) is 4.79 Å². The number of carbonyl (C=O) groups is 1. The number of nitrogens with one attached hydrogen (secondary N) is 1. The van der Waals surface area contributed by atoms with Gasteiger partial charge < -0.3 is 10.1 Å². The van der Waals surface area contributed by atoms with Crippen molar-refractivity contribution in [3.05, 3.63) is 70.3 Å². The molecule has 1 amide bonds. The predicted octanol–water partition coefficient (Wildman–Crippen LogP) is 6.49. The number of benzene rings is 2. The molecule has 4 fully saturated rings. The number of amides is 1. The number of thioether (sulfide) groups is 1. The van der Waals surface area contributed by atoms with Gasteiger partial charge in [0.15, 0.2) is 0 Å². The van der Waals surface area contributed by atoms with Crippen LogP contribution in [0.2, 0.25) is 0 Å². The number of ether oxygens (including phenoxy) is 1. The monoisotopic (exact) mass is 551 g/mol. The van der Waals surface area contributed by atoms with Crippen LogP contribution in [0.25, 0.3) is 5.69 Å². The van der Waals surface area contributed by atoms with E-state index in [2.05, 4.69) is 56.9 Å². The van der Waals surface area contributed by atoms with Gasteiger partial charge in [-0.1, -0.05) is 28.1 Å². The van der Waals surface area contributed by atoms with Crippen LogP contribution >= 0.6 is 27.7 Å². The minimum absolute atomic E-state index is 0.0708. The van der Waals surface area contributed by atoms with E-state index in [-0.39, 0.29) is 11.9 Å². The van der Waals surface area contributed by atoms with E-state index in [4.69, 9.17) is 4.74 Å². The second-order valence-corrected chi connectivity index (χ2v) is 12.1. The molecule has 0 saturated heterocycles. The Bertz CT molecular complexity index is 1180. The Kier molecular flexibility index (Phi) is 6.39. The van der Waals surface area contributed by atoms with Crippen LogP contribution in [-0.2, 0) is 6.61 Å². The van der Waals surface area contributed by atoms with Crippen molar-refractivity contribution in [2.24, 2.45) is 23.7 Å². The molecular weight excluding hydrogens is 522 g/mol. The zero-order valence-corrected chi connectivity index (χ0v) is 22.2. The maximum absolute atomic E-state index is 13.6.